The van der Waals surface area contributed by atoms with Gasteiger partial charge in [-0.15, -0.1) is 0 Å². The zero-order chi connectivity index (χ0) is 12.4. The molecular formula is C9H13N5O3. The second-order valence-electron chi connectivity index (χ2n) is 3.66. The van der Waals surface area contributed by atoms with Gasteiger partial charge in [0.25, 0.3) is 0 Å². The molecule has 0 saturated heterocycles. The summed E-state index contributed by atoms with van der Waals surface area (Å²) in [6, 6.07) is 0. The predicted molar refractivity (Wildman–Crippen MR) is 56.8 cm³/mol. The van der Waals surface area contributed by atoms with E-state index in [1.54, 1.807) is 0 Å². The van der Waals surface area contributed by atoms with Crippen molar-refractivity contribution in [2.24, 2.45) is 0 Å². The van der Waals surface area contributed by atoms with Crippen molar-refractivity contribution in [1.82, 2.24) is 19.5 Å². The number of rotatable bonds is 4. The summed E-state index contributed by atoms with van der Waals surface area (Å²) >= 11 is 0. The number of hydrogen-bond donors (Lipinski definition) is 5. The first kappa shape index (κ1) is 11.7. The van der Waals surface area contributed by atoms with Crippen LogP contribution in [0.15, 0.2) is 12.7 Å². The molecular weight excluding hydrogens is 226 g/mol. The fourth-order valence-corrected chi connectivity index (χ4v) is 1.47. The molecule has 0 aliphatic rings. The van der Waals surface area contributed by atoms with E-state index in [0.717, 1.165) is 0 Å². The van der Waals surface area contributed by atoms with Gasteiger partial charge in [-0.05, 0) is 0 Å². The number of aromatic nitrogens is 4. The molecule has 2 atom stereocenters. The molecule has 17 heavy (non-hydrogen) atoms. The number of aliphatic hydroxyl groups is 3. The van der Waals surface area contributed by atoms with E-state index in [0.29, 0.717) is 11.2 Å². The minimum absolute atomic E-state index is 0.0253. The second-order valence-corrected chi connectivity index (χ2v) is 3.66. The highest BCUT2D eigenvalue weighted by Crippen LogP contribution is 2.00. The Morgan fingerprint density at radius 3 is 2.82 bits per heavy atom. The molecule has 0 aliphatic heterocycles. The van der Waals surface area contributed by atoms with E-state index in [1.807, 2.05) is 0 Å². The van der Waals surface area contributed by atoms with Crippen LogP contribution >= 0.6 is 0 Å². The summed E-state index contributed by atoms with van der Waals surface area (Å²) in [6.07, 6.45) is 0.397. The highest BCUT2D eigenvalue weighted by molar-refractivity contribution is 5.67. The number of nitrogens with zero attached hydrogens (tertiary/aromatic N) is 3. The summed E-state index contributed by atoms with van der Waals surface area (Å²) in [7, 11) is 0. The molecule has 92 valence electrons. The summed E-state index contributed by atoms with van der Waals surface area (Å²) in [5, 5.41) is 35.3. The molecule has 2 heterocycles. The van der Waals surface area contributed by atoms with Crippen molar-refractivity contribution < 1.29 is 15.3 Å². The number of hydrogen-bond acceptors (Lipinski definition) is 6. The first-order chi connectivity index (χ1) is 8.13. The van der Waals surface area contributed by atoms with Gasteiger partial charge in [0, 0.05) is 0 Å². The fraction of sp³-hybridized carbons (Fsp3) is 0.444. The van der Waals surface area contributed by atoms with E-state index >= 15 is 0 Å². The van der Waals surface area contributed by atoms with E-state index in [4.69, 9.17) is 10.5 Å². The van der Waals surface area contributed by atoms with Gasteiger partial charge in [-0.3, -0.25) is 5.41 Å². The Kier molecular flexibility index (Phi) is 3.18. The van der Waals surface area contributed by atoms with Crippen molar-refractivity contribution in [3.8, 4) is 0 Å². The molecule has 0 aliphatic carbocycles. The third-order valence-corrected chi connectivity index (χ3v) is 2.48. The van der Waals surface area contributed by atoms with Crippen LogP contribution < -0.4 is 5.49 Å². The topological polar surface area (TPSA) is 131 Å². The van der Waals surface area contributed by atoms with Crippen LogP contribution in [0.5, 0.6) is 0 Å². The van der Waals surface area contributed by atoms with E-state index in [9.17, 15) is 10.2 Å². The van der Waals surface area contributed by atoms with Gasteiger partial charge in [0.1, 0.15) is 17.7 Å². The lowest BCUT2D eigenvalue weighted by Crippen LogP contribution is -2.36. The number of aromatic amines is 1. The van der Waals surface area contributed by atoms with Gasteiger partial charge >= 0.3 is 0 Å². The highest BCUT2D eigenvalue weighted by atomic mass is 16.4. The number of aliphatic hydroxyl groups excluding tert-OH is 3. The molecule has 0 spiro atoms. The average molecular weight is 239 g/mol. The Morgan fingerprint density at radius 2 is 2.12 bits per heavy atom. The lowest BCUT2D eigenvalue weighted by molar-refractivity contribution is -0.0221. The maximum atomic E-state index is 9.55. The third-order valence-electron chi connectivity index (χ3n) is 2.48. The molecule has 0 aromatic carbocycles. The van der Waals surface area contributed by atoms with Gasteiger partial charge < -0.3 is 24.9 Å². The minimum atomic E-state index is -1.24. The van der Waals surface area contributed by atoms with Gasteiger partial charge in [0.2, 0.25) is 0 Å². The molecule has 0 bridgehead atoms. The van der Waals surface area contributed by atoms with Crippen molar-refractivity contribution in [1.29, 1.82) is 5.41 Å². The van der Waals surface area contributed by atoms with Crippen LogP contribution in [-0.4, -0.2) is 53.7 Å². The van der Waals surface area contributed by atoms with E-state index in [2.05, 4.69) is 15.0 Å². The Balaban J connectivity index is 2.30. The Hall–Kier alpha value is -1.77. The van der Waals surface area contributed by atoms with Crippen LogP contribution in [0.1, 0.15) is 0 Å². The number of fused-ring (bicyclic) bond motifs is 1. The summed E-state index contributed by atoms with van der Waals surface area (Å²) in [5.74, 6) is 0. The van der Waals surface area contributed by atoms with Crippen LogP contribution in [0, 0.1) is 5.41 Å². The summed E-state index contributed by atoms with van der Waals surface area (Å²) < 4.78 is 1.37. The van der Waals surface area contributed by atoms with Crippen LogP contribution in [0.4, 0.5) is 0 Å². The smallest absolute Gasteiger partial charge is 0.182 e. The monoisotopic (exact) mass is 239 g/mol. The second kappa shape index (κ2) is 4.62. The zero-order valence-corrected chi connectivity index (χ0v) is 8.91. The standard InChI is InChI=1S/C9H13N5O3/c10-8-7-9(12-3-11-7)13-4-14(8)1-5(16)6(17)2-15/h3-6,10,15-17H,1-2H2,(H,11,12). The largest absolute Gasteiger partial charge is 0.394 e. The van der Waals surface area contributed by atoms with Gasteiger partial charge in [-0.1, -0.05) is 0 Å². The molecule has 0 radical (unpaired) electrons. The molecule has 2 aromatic heterocycles. The molecule has 2 aromatic rings. The van der Waals surface area contributed by atoms with Crippen LogP contribution in [0.25, 0.3) is 11.2 Å². The Labute approximate surface area is 95.7 Å². The number of H-pyrrole nitrogens is 1. The quantitative estimate of drug-likeness (QED) is 0.419. The fourth-order valence-electron chi connectivity index (χ4n) is 1.47. The summed E-state index contributed by atoms with van der Waals surface area (Å²) in [5.41, 5.74) is 0.985. The summed E-state index contributed by atoms with van der Waals surface area (Å²) in [4.78, 5) is 10.7. The van der Waals surface area contributed by atoms with Gasteiger partial charge in [-0.2, -0.15) is 0 Å². The van der Waals surface area contributed by atoms with Crippen molar-refractivity contribution >= 4 is 11.2 Å². The maximum Gasteiger partial charge on any atom is 0.182 e. The number of imidazole rings is 1. The van der Waals surface area contributed by atoms with Crippen LogP contribution in [-0.2, 0) is 6.54 Å². The van der Waals surface area contributed by atoms with E-state index in [1.165, 1.54) is 17.2 Å². The molecule has 5 N–H and O–H groups in total. The van der Waals surface area contributed by atoms with Crippen LogP contribution in [0.3, 0.4) is 0 Å². The zero-order valence-electron chi connectivity index (χ0n) is 8.91. The lowest BCUT2D eigenvalue weighted by Gasteiger charge is -2.16. The van der Waals surface area contributed by atoms with Gasteiger partial charge in [0.05, 0.1) is 25.8 Å². The molecule has 0 saturated carbocycles. The SMILES string of the molecule is N=c1c2[nH]cnc2ncn1CC(O)C(O)CO. The maximum absolute atomic E-state index is 9.55. The Bertz CT molecular complexity index is 563. The van der Waals surface area contributed by atoms with Crippen LogP contribution in [0.2, 0.25) is 0 Å². The first-order valence-corrected chi connectivity index (χ1v) is 5.03. The predicted octanol–water partition coefficient (Wildman–Crippen LogP) is -2.05. The molecule has 2 unspecified atom stereocenters. The summed E-state index contributed by atoms with van der Waals surface area (Å²) in [6.45, 7) is -0.558. The molecule has 8 heteroatoms. The molecule has 0 fully saturated rings. The van der Waals surface area contributed by atoms with Gasteiger partial charge in [-0.25, -0.2) is 9.97 Å². The highest BCUT2D eigenvalue weighted by Gasteiger charge is 2.16. The normalized spacial score (nSPS) is 15.0. The minimum Gasteiger partial charge on any atom is -0.394 e. The van der Waals surface area contributed by atoms with E-state index in [-0.39, 0.29) is 12.0 Å². The van der Waals surface area contributed by atoms with E-state index < -0.39 is 18.8 Å². The average Bonchev–Trinajstić information content (AvgIpc) is 2.80. The number of nitrogens with one attached hydrogen (secondary N) is 2. The molecule has 8 nitrogen and oxygen atoms in total. The Morgan fingerprint density at radius 1 is 1.35 bits per heavy atom. The van der Waals surface area contributed by atoms with Crippen molar-refractivity contribution in [2.45, 2.75) is 18.8 Å². The van der Waals surface area contributed by atoms with Crippen molar-refractivity contribution in [3.63, 3.8) is 0 Å². The third kappa shape index (κ3) is 2.18. The van der Waals surface area contributed by atoms with Gasteiger partial charge in [0.15, 0.2) is 11.1 Å². The van der Waals surface area contributed by atoms with Crippen molar-refractivity contribution in [2.75, 3.05) is 6.61 Å². The molecule has 0 amide bonds. The first-order valence-electron chi connectivity index (χ1n) is 5.03. The molecule has 2 rings (SSSR count). The van der Waals surface area contributed by atoms with Crippen molar-refractivity contribution in [3.05, 3.63) is 18.1 Å². The lowest BCUT2D eigenvalue weighted by atomic mass is 10.2.